The molecule has 29 heavy (non-hydrogen) atoms. The fraction of sp³-hybridized carbons (Fsp3) is 0.778. The summed E-state index contributed by atoms with van der Waals surface area (Å²) in [4.78, 5) is 0. The predicted molar refractivity (Wildman–Crippen MR) is 123 cm³/mol. The van der Waals surface area contributed by atoms with Gasteiger partial charge in [0.1, 0.15) is 0 Å². The highest BCUT2D eigenvalue weighted by atomic mass is 16.3. The van der Waals surface area contributed by atoms with Gasteiger partial charge in [-0.05, 0) is 78.8 Å². The van der Waals surface area contributed by atoms with Gasteiger partial charge in [0.05, 0.1) is 12.2 Å². The lowest BCUT2D eigenvalue weighted by atomic mass is 9.60. The summed E-state index contributed by atoms with van der Waals surface area (Å²) in [5.74, 6) is 0.207. The number of hydrogen-bond acceptors (Lipinski definition) is 2. The molecule has 0 aromatic rings. The van der Waals surface area contributed by atoms with Gasteiger partial charge in [-0.2, -0.15) is 0 Å². The highest BCUT2D eigenvalue weighted by Crippen LogP contribution is 2.59. The van der Waals surface area contributed by atoms with Crippen LogP contribution in [-0.2, 0) is 0 Å². The molecule has 3 rings (SSSR count). The van der Waals surface area contributed by atoms with Crippen LogP contribution < -0.4 is 0 Å². The van der Waals surface area contributed by atoms with Gasteiger partial charge in [-0.1, -0.05) is 71.1 Å². The van der Waals surface area contributed by atoms with E-state index in [4.69, 9.17) is 8.22 Å². The summed E-state index contributed by atoms with van der Waals surface area (Å²) in [5.41, 5.74) is 3.30. The number of allylic oxidation sites excluding steroid dienone is 3. The van der Waals surface area contributed by atoms with Crippen LogP contribution in [0.2, 0.25) is 0 Å². The molecule has 0 spiro atoms. The molecule has 6 atom stereocenters. The topological polar surface area (TPSA) is 40.5 Å². The Morgan fingerprint density at radius 3 is 2.79 bits per heavy atom. The molecule has 3 fully saturated rings. The van der Waals surface area contributed by atoms with Crippen molar-refractivity contribution in [3.63, 3.8) is 0 Å². The average molecular weight is 407 g/mol. The second kappa shape index (κ2) is 9.52. The molecule has 0 aromatic heterocycles. The van der Waals surface area contributed by atoms with Crippen molar-refractivity contribution in [1.82, 2.24) is 0 Å². The first kappa shape index (κ1) is 15.9. The molecular formula is C27H44O2. The fourth-order valence-electron chi connectivity index (χ4n) is 6.52. The Labute approximate surface area is 187 Å². The van der Waals surface area contributed by atoms with Crippen LogP contribution in [-0.4, -0.2) is 22.4 Å². The molecule has 0 bridgehead atoms. The van der Waals surface area contributed by atoms with Gasteiger partial charge in [-0.25, -0.2) is 0 Å². The standard InChI is InChI=1S/C27H44O2/c1-18(2)8-6-9-19(3)24-13-14-25-21(10-7-15-27(24,25)5)11-12-22-16-23(28)17-26(29)20(22)4/h11-12,18-19,23-26,28-29H,4,6-10,13-17H2,1-3,5H3/b21-11-,22-12+/t19?,23-,24?,25-,26-,27+/m0/s1/i1D3,2D3. The van der Waals surface area contributed by atoms with Crippen molar-refractivity contribution in [2.75, 3.05) is 0 Å². The Balaban J connectivity index is 1.67. The maximum absolute atomic E-state index is 10.2. The van der Waals surface area contributed by atoms with E-state index in [-0.39, 0.29) is 11.8 Å². The van der Waals surface area contributed by atoms with Gasteiger partial charge < -0.3 is 10.2 Å². The molecule has 3 aliphatic rings. The summed E-state index contributed by atoms with van der Waals surface area (Å²) >= 11 is 0. The van der Waals surface area contributed by atoms with E-state index in [0.717, 1.165) is 43.3 Å². The SMILES string of the molecule is [2H]C([2H])([2H])C(CCCC(C)C1CC[C@H]2/C(=C\C=C3/C[C@H](O)C[C@H](O)C3=C)CCC[C@]12C)C([2H])([2H])[2H]. The van der Waals surface area contributed by atoms with E-state index in [9.17, 15) is 10.2 Å². The first-order valence-electron chi connectivity index (χ1n) is 14.6. The van der Waals surface area contributed by atoms with Crippen molar-refractivity contribution >= 4 is 0 Å². The highest BCUT2D eigenvalue weighted by Gasteiger charge is 2.50. The normalized spacial score (nSPS) is 43.3. The van der Waals surface area contributed by atoms with Crippen molar-refractivity contribution in [1.29, 1.82) is 0 Å². The Morgan fingerprint density at radius 1 is 1.24 bits per heavy atom. The molecule has 2 nitrogen and oxygen atoms in total. The summed E-state index contributed by atoms with van der Waals surface area (Å²) < 4.78 is 45.9. The van der Waals surface area contributed by atoms with Crippen molar-refractivity contribution in [2.24, 2.45) is 29.1 Å². The van der Waals surface area contributed by atoms with Gasteiger partial charge in [-0.3, -0.25) is 0 Å². The third-order valence-electron chi connectivity index (χ3n) is 8.14. The minimum Gasteiger partial charge on any atom is -0.393 e. The molecular weight excluding hydrogens is 356 g/mol. The maximum atomic E-state index is 10.2. The smallest absolute Gasteiger partial charge is 0.0811 e. The molecule has 3 saturated carbocycles. The largest absolute Gasteiger partial charge is 0.393 e. The highest BCUT2D eigenvalue weighted by molar-refractivity contribution is 5.38. The monoisotopic (exact) mass is 406 g/mol. The second-order valence-corrected chi connectivity index (χ2v) is 10.1. The summed E-state index contributed by atoms with van der Waals surface area (Å²) in [6.45, 7) is 3.79. The van der Waals surface area contributed by atoms with Gasteiger partial charge in [0, 0.05) is 14.6 Å². The minimum atomic E-state index is -2.45. The Hall–Kier alpha value is -0.860. The predicted octanol–water partition coefficient (Wildman–Crippen LogP) is 6.59. The molecule has 2 N–H and O–H groups in total. The van der Waals surface area contributed by atoms with Gasteiger partial charge in [0.25, 0.3) is 0 Å². The quantitative estimate of drug-likeness (QED) is 0.522. The molecule has 0 aromatic carbocycles. The minimum absolute atomic E-state index is 0.193. The zero-order valence-electron chi connectivity index (χ0n) is 24.3. The molecule has 0 heterocycles. The van der Waals surface area contributed by atoms with E-state index in [1.165, 1.54) is 12.0 Å². The van der Waals surface area contributed by atoms with E-state index in [2.05, 4.69) is 32.6 Å². The second-order valence-electron chi connectivity index (χ2n) is 10.1. The summed E-state index contributed by atoms with van der Waals surface area (Å²) in [6.07, 6.45) is 11.3. The van der Waals surface area contributed by atoms with Crippen LogP contribution in [0.4, 0.5) is 0 Å². The fourth-order valence-corrected chi connectivity index (χ4v) is 6.52. The number of aliphatic hydroxyl groups excluding tert-OH is 2. The van der Waals surface area contributed by atoms with E-state index in [1.807, 2.05) is 0 Å². The van der Waals surface area contributed by atoms with Gasteiger partial charge in [0.2, 0.25) is 0 Å². The lowest BCUT2D eigenvalue weighted by molar-refractivity contribution is 0.0861. The zero-order valence-corrected chi connectivity index (χ0v) is 18.3. The molecule has 0 radical (unpaired) electrons. The van der Waals surface area contributed by atoms with Crippen molar-refractivity contribution < 1.29 is 18.4 Å². The third kappa shape index (κ3) is 5.07. The van der Waals surface area contributed by atoms with Crippen LogP contribution in [0.5, 0.6) is 0 Å². The number of fused-ring (bicyclic) bond motifs is 1. The third-order valence-corrected chi connectivity index (χ3v) is 8.14. The van der Waals surface area contributed by atoms with Crippen molar-refractivity contribution in [3.8, 4) is 0 Å². The Bertz CT molecular complexity index is 813. The Kier molecular flexibility index (Phi) is 5.21. The number of rotatable bonds is 6. The van der Waals surface area contributed by atoms with Crippen LogP contribution in [0.1, 0.15) is 100.0 Å². The van der Waals surface area contributed by atoms with Crippen LogP contribution in [0.15, 0.2) is 35.5 Å². The van der Waals surface area contributed by atoms with E-state index >= 15 is 0 Å². The average Bonchev–Trinajstić information content (AvgIpc) is 3.08. The lowest BCUT2D eigenvalue weighted by Gasteiger charge is -2.44. The van der Waals surface area contributed by atoms with E-state index in [1.54, 1.807) is 0 Å². The van der Waals surface area contributed by atoms with Gasteiger partial charge >= 0.3 is 0 Å². The van der Waals surface area contributed by atoms with Crippen molar-refractivity contribution in [3.05, 3.63) is 35.5 Å². The number of aliphatic hydroxyl groups is 2. The zero-order chi connectivity index (χ0) is 26.2. The molecule has 3 aliphatic carbocycles. The molecule has 0 saturated heterocycles. The molecule has 164 valence electrons. The summed E-state index contributed by atoms with van der Waals surface area (Å²) in [7, 11) is 0. The van der Waals surface area contributed by atoms with Gasteiger partial charge in [-0.15, -0.1) is 0 Å². The van der Waals surface area contributed by atoms with Gasteiger partial charge in [0.15, 0.2) is 0 Å². The Morgan fingerprint density at radius 2 is 2.03 bits per heavy atom. The first-order chi connectivity index (χ1) is 16.1. The molecule has 0 amide bonds. The summed E-state index contributed by atoms with van der Waals surface area (Å²) in [5, 5.41) is 20.2. The number of hydrogen-bond donors (Lipinski definition) is 2. The molecule has 0 aliphatic heterocycles. The van der Waals surface area contributed by atoms with E-state index < -0.39 is 31.8 Å². The maximum Gasteiger partial charge on any atom is 0.0811 e. The molecule has 2 heteroatoms. The van der Waals surface area contributed by atoms with Crippen LogP contribution >= 0.6 is 0 Å². The van der Waals surface area contributed by atoms with Crippen LogP contribution in [0, 0.1) is 29.1 Å². The summed E-state index contributed by atoms with van der Waals surface area (Å²) in [6, 6.07) is 0. The van der Waals surface area contributed by atoms with Crippen molar-refractivity contribution in [2.45, 2.75) is 104 Å². The van der Waals surface area contributed by atoms with Crippen LogP contribution in [0.25, 0.3) is 0 Å². The lowest BCUT2D eigenvalue weighted by Crippen LogP contribution is -2.36. The molecule has 2 unspecified atom stereocenters. The van der Waals surface area contributed by atoms with E-state index in [0.29, 0.717) is 37.0 Å². The first-order valence-corrected chi connectivity index (χ1v) is 11.6. The van der Waals surface area contributed by atoms with Crippen LogP contribution in [0.3, 0.4) is 0 Å².